The van der Waals surface area contributed by atoms with Crippen LogP contribution in [0.15, 0.2) is 35.9 Å². The van der Waals surface area contributed by atoms with Crippen LogP contribution in [0.2, 0.25) is 0 Å². The molecule has 18 heavy (non-hydrogen) atoms. The average molecular weight is 245 g/mol. The van der Waals surface area contributed by atoms with Gasteiger partial charge in [0.2, 0.25) is 0 Å². The Morgan fingerprint density at radius 2 is 2.11 bits per heavy atom. The quantitative estimate of drug-likeness (QED) is 0.658. The van der Waals surface area contributed by atoms with E-state index in [0.29, 0.717) is 12.1 Å². The summed E-state index contributed by atoms with van der Waals surface area (Å²) in [6.45, 7) is 5.69. The fourth-order valence-corrected chi connectivity index (χ4v) is 3.97. The molecule has 3 nitrogen and oxygen atoms in total. The van der Waals surface area contributed by atoms with Crippen LogP contribution in [0.4, 0.5) is 0 Å². The van der Waals surface area contributed by atoms with E-state index in [1.807, 2.05) is 0 Å². The van der Waals surface area contributed by atoms with Gasteiger partial charge in [0.1, 0.15) is 12.4 Å². The van der Waals surface area contributed by atoms with Crippen LogP contribution in [0.5, 0.6) is 0 Å². The first-order valence-corrected chi connectivity index (χ1v) is 7.08. The summed E-state index contributed by atoms with van der Waals surface area (Å²) in [6, 6.07) is 1.29. The molecule has 5 aliphatic rings. The van der Waals surface area contributed by atoms with Crippen molar-refractivity contribution in [1.29, 1.82) is 0 Å². The highest BCUT2D eigenvalue weighted by molar-refractivity contribution is 5.42. The maximum Gasteiger partial charge on any atom is 0.143 e. The Balaban J connectivity index is 1.62. The minimum atomic E-state index is 0.627. The second kappa shape index (κ2) is 3.89. The molecule has 5 rings (SSSR count). The van der Waals surface area contributed by atoms with Crippen LogP contribution in [-0.2, 0) is 4.74 Å². The van der Waals surface area contributed by atoms with E-state index in [2.05, 4.69) is 41.3 Å². The molecule has 3 heteroatoms. The standard InChI is InChI=1S/C15H20N2O/c1-11-15(13-3-6-16(11)7-4-13)17-8-2-12-5-9-18-14(12)10-17/h2,5,8,10-11,13,15H,3-4,6-7,9H2,1H3/t11-,15-/m0/s1/i8+1. The molecular formula is C15H20N2O. The third-order valence-corrected chi connectivity index (χ3v) is 4.99. The van der Waals surface area contributed by atoms with Crippen molar-refractivity contribution >= 4 is 0 Å². The zero-order valence-electron chi connectivity index (χ0n) is 10.9. The Hall–Kier alpha value is -1.22. The summed E-state index contributed by atoms with van der Waals surface area (Å²) < 4.78 is 5.66. The van der Waals surface area contributed by atoms with Gasteiger partial charge in [-0.05, 0) is 50.9 Å². The van der Waals surface area contributed by atoms with Crippen LogP contribution in [0, 0.1) is 5.92 Å². The number of allylic oxidation sites excluding steroid dienone is 1. The maximum atomic E-state index is 5.66. The third kappa shape index (κ3) is 1.46. The summed E-state index contributed by atoms with van der Waals surface area (Å²) in [6.07, 6.45) is 11.5. The van der Waals surface area contributed by atoms with Gasteiger partial charge >= 0.3 is 0 Å². The molecule has 0 saturated carbocycles. The zero-order valence-corrected chi connectivity index (χ0v) is 10.9. The Labute approximate surface area is 108 Å². The van der Waals surface area contributed by atoms with Gasteiger partial charge in [-0.3, -0.25) is 4.90 Å². The smallest absolute Gasteiger partial charge is 0.143 e. The Bertz CT molecular complexity index is 441. The van der Waals surface area contributed by atoms with E-state index < -0.39 is 0 Å². The van der Waals surface area contributed by atoms with Gasteiger partial charge < -0.3 is 9.64 Å². The first-order chi connectivity index (χ1) is 8.83. The summed E-state index contributed by atoms with van der Waals surface area (Å²) >= 11 is 0. The minimum absolute atomic E-state index is 0.627. The molecular weight excluding hydrogens is 225 g/mol. The summed E-state index contributed by atoms with van der Waals surface area (Å²) in [7, 11) is 0. The second-order valence-corrected chi connectivity index (χ2v) is 5.83. The Morgan fingerprint density at radius 3 is 2.89 bits per heavy atom. The van der Waals surface area contributed by atoms with E-state index in [-0.39, 0.29) is 0 Å². The molecule has 0 spiro atoms. The number of hydrogen-bond acceptors (Lipinski definition) is 3. The molecule has 0 aromatic carbocycles. The molecule has 5 heterocycles. The third-order valence-electron chi connectivity index (χ3n) is 4.99. The monoisotopic (exact) mass is 245 g/mol. The summed E-state index contributed by atoms with van der Waals surface area (Å²) in [5.41, 5.74) is 1.25. The van der Waals surface area contributed by atoms with Gasteiger partial charge in [-0.25, -0.2) is 0 Å². The number of hydrogen-bond donors (Lipinski definition) is 0. The van der Waals surface area contributed by atoms with Gasteiger partial charge in [-0.15, -0.1) is 0 Å². The molecule has 2 atom stereocenters. The molecule has 3 fully saturated rings. The van der Waals surface area contributed by atoms with Gasteiger partial charge in [0.15, 0.2) is 0 Å². The Morgan fingerprint density at radius 1 is 1.28 bits per heavy atom. The van der Waals surface area contributed by atoms with Crippen molar-refractivity contribution in [3.63, 3.8) is 0 Å². The summed E-state index contributed by atoms with van der Waals surface area (Å²) in [5.74, 6) is 1.90. The molecule has 2 bridgehead atoms. The first-order valence-electron chi connectivity index (χ1n) is 7.08. The van der Waals surface area contributed by atoms with E-state index in [4.69, 9.17) is 4.74 Å². The Kier molecular flexibility index (Phi) is 2.31. The SMILES string of the molecule is C[C@H]1[C@H](N2C=C3OCC=C3C=[13CH]2)C2CCN1CC2. The van der Waals surface area contributed by atoms with E-state index in [1.54, 1.807) is 0 Å². The zero-order chi connectivity index (χ0) is 12.1. The van der Waals surface area contributed by atoms with Crippen molar-refractivity contribution in [2.24, 2.45) is 5.92 Å². The van der Waals surface area contributed by atoms with Gasteiger partial charge in [0.25, 0.3) is 0 Å². The lowest BCUT2D eigenvalue weighted by Crippen LogP contribution is -2.60. The van der Waals surface area contributed by atoms with Crippen LogP contribution in [0.25, 0.3) is 0 Å². The van der Waals surface area contributed by atoms with Crippen molar-refractivity contribution < 1.29 is 4.74 Å². The van der Waals surface area contributed by atoms with Gasteiger partial charge in [-0.2, -0.15) is 0 Å². The molecule has 0 aliphatic carbocycles. The number of fused-ring (bicyclic) bond motifs is 4. The van der Waals surface area contributed by atoms with Crippen molar-refractivity contribution in [1.82, 2.24) is 9.80 Å². The summed E-state index contributed by atoms with van der Waals surface area (Å²) in [5, 5.41) is 0. The average Bonchev–Trinajstić information content (AvgIpc) is 2.87. The summed E-state index contributed by atoms with van der Waals surface area (Å²) in [4.78, 5) is 5.04. The molecule has 0 aromatic heterocycles. The van der Waals surface area contributed by atoms with Crippen LogP contribution in [-0.4, -0.2) is 41.6 Å². The predicted octanol–water partition coefficient (Wildman–Crippen LogP) is 2.10. The normalized spacial score (nSPS) is 41.3. The van der Waals surface area contributed by atoms with Gasteiger partial charge in [-0.1, -0.05) is 0 Å². The minimum Gasteiger partial charge on any atom is -0.487 e. The lowest BCUT2D eigenvalue weighted by atomic mass is 9.79. The van der Waals surface area contributed by atoms with Gasteiger partial charge in [0.05, 0.1) is 6.04 Å². The molecule has 0 amide bonds. The molecule has 96 valence electrons. The lowest BCUT2D eigenvalue weighted by molar-refractivity contribution is -0.00763. The molecule has 3 saturated heterocycles. The van der Waals surface area contributed by atoms with Crippen molar-refractivity contribution in [3.05, 3.63) is 35.9 Å². The first kappa shape index (κ1) is 10.7. The van der Waals surface area contributed by atoms with Crippen LogP contribution in [0.3, 0.4) is 0 Å². The van der Waals surface area contributed by atoms with E-state index in [0.717, 1.165) is 18.3 Å². The number of rotatable bonds is 1. The van der Waals surface area contributed by atoms with Crippen molar-refractivity contribution in [2.75, 3.05) is 19.7 Å². The van der Waals surface area contributed by atoms with Crippen LogP contribution < -0.4 is 0 Å². The van der Waals surface area contributed by atoms with E-state index in [1.165, 1.54) is 31.5 Å². The molecule has 5 aliphatic heterocycles. The highest BCUT2D eigenvalue weighted by Gasteiger charge is 2.42. The molecule has 0 N–H and O–H groups in total. The van der Waals surface area contributed by atoms with Crippen molar-refractivity contribution in [2.45, 2.75) is 31.8 Å². The highest BCUT2D eigenvalue weighted by atomic mass is 16.5. The number of ether oxygens (including phenoxy) is 1. The van der Waals surface area contributed by atoms with Crippen LogP contribution >= 0.6 is 0 Å². The van der Waals surface area contributed by atoms with E-state index >= 15 is 0 Å². The van der Waals surface area contributed by atoms with E-state index in [9.17, 15) is 0 Å². The molecule has 0 aromatic rings. The van der Waals surface area contributed by atoms with Gasteiger partial charge in [0, 0.05) is 24.0 Å². The highest BCUT2D eigenvalue weighted by Crippen LogP contribution is 2.37. The molecule has 0 unspecified atom stereocenters. The largest absolute Gasteiger partial charge is 0.487 e. The lowest BCUT2D eigenvalue weighted by Gasteiger charge is -2.53. The maximum absolute atomic E-state index is 5.66. The fraction of sp³-hybridized carbons (Fsp3) is 0.600. The second-order valence-electron chi connectivity index (χ2n) is 5.83. The number of nitrogens with zero attached hydrogens (tertiary/aromatic N) is 2. The topological polar surface area (TPSA) is 15.7 Å². The predicted molar refractivity (Wildman–Crippen MR) is 70.6 cm³/mol. The van der Waals surface area contributed by atoms with Crippen LogP contribution in [0.1, 0.15) is 19.8 Å². The fourth-order valence-electron chi connectivity index (χ4n) is 3.97. The number of piperidine rings is 3. The van der Waals surface area contributed by atoms with Crippen molar-refractivity contribution in [3.8, 4) is 0 Å². The molecule has 0 radical (unpaired) electrons.